The lowest BCUT2D eigenvalue weighted by atomic mass is 10.1. The van der Waals surface area contributed by atoms with E-state index >= 15 is 0 Å². The van der Waals surface area contributed by atoms with Crippen LogP contribution in [-0.2, 0) is 16.0 Å². The zero-order chi connectivity index (χ0) is 19.4. The second kappa shape index (κ2) is 8.00. The molecule has 3 N–H and O–H groups in total. The molecule has 2 aromatic heterocycles. The number of nitrogens with one attached hydrogen (secondary N) is 3. The maximum absolute atomic E-state index is 12.6. The molecule has 0 unspecified atom stereocenters. The van der Waals surface area contributed by atoms with Gasteiger partial charge in [-0.3, -0.25) is 14.4 Å². The van der Waals surface area contributed by atoms with Crippen molar-refractivity contribution in [3.63, 3.8) is 0 Å². The summed E-state index contributed by atoms with van der Waals surface area (Å²) in [5.41, 5.74) is 1.96. The Kier molecular flexibility index (Phi) is 5.51. The highest BCUT2D eigenvalue weighted by atomic mass is 32.1. The molecule has 27 heavy (non-hydrogen) atoms. The quantitative estimate of drug-likeness (QED) is 0.599. The van der Waals surface area contributed by atoms with E-state index in [2.05, 4.69) is 20.6 Å². The van der Waals surface area contributed by atoms with Crippen LogP contribution in [0.15, 0.2) is 35.8 Å². The fraction of sp³-hybridized carbons (Fsp3) is 0.222. The molecular formula is C18H19N5O3S. The molecule has 0 bridgehead atoms. The molecule has 0 saturated carbocycles. The third-order valence-electron chi connectivity index (χ3n) is 3.97. The fourth-order valence-corrected chi connectivity index (χ4v) is 3.32. The summed E-state index contributed by atoms with van der Waals surface area (Å²) in [5, 5.41) is 8.10. The summed E-state index contributed by atoms with van der Waals surface area (Å²) in [6.07, 6.45) is 1.80. The SMILES string of the molecule is CNC(=O)Cc1csc(NC(=O)CN(C)C(=O)c2c[nH]c3ccccc23)n1. The predicted molar refractivity (Wildman–Crippen MR) is 104 cm³/mol. The van der Waals surface area contributed by atoms with E-state index in [1.807, 2.05) is 24.3 Å². The van der Waals surface area contributed by atoms with Crippen LogP contribution in [0.25, 0.3) is 10.9 Å². The van der Waals surface area contributed by atoms with Gasteiger partial charge in [-0.1, -0.05) is 18.2 Å². The smallest absolute Gasteiger partial charge is 0.256 e. The number of hydrogen-bond acceptors (Lipinski definition) is 5. The first-order valence-corrected chi connectivity index (χ1v) is 9.12. The summed E-state index contributed by atoms with van der Waals surface area (Å²) < 4.78 is 0. The van der Waals surface area contributed by atoms with Crippen molar-refractivity contribution in [2.45, 2.75) is 6.42 Å². The van der Waals surface area contributed by atoms with Gasteiger partial charge in [0.25, 0.3) is 5.91 Å². The number of anilines is 1. The minimum atomic E-state index is -0.355. The standard InChI is InChI=1S/C18H19N5O3S/c1-19-15(24)7-11-10-27-18(21-11)22-16(25)9-23(2)17(26)13-8-20-14-6-4-3-5-12(13)14/h3-6,8,10,20H,7,9H2,1-2H3,(H,19,24)(H,21,22,25). The van der Waals surface area contributed by atoms with Gasteiger partial charge in [-0.15, -0.1) is 11.3 Å². The summed E-state index contributed by atoms with van der Waals surface area (Å²) in [6, 6.07) is 7.49. The van der Waals surface area contributed by atoms with Crippen molar-refractivity contribution in [3.05, 3.63) is 47.1 Å². The molecule has 3 amide bonds. The summed E-state index contributed by atoms with van der Waals surface area (Å²) >= 11 is 1.23. The van der Waals surface area contributed by atoms with Crippen molar-refractivity contribution in [2.75, 3.05) is 26.0 Å². The normalized spacial score (nSPS) is 10.6. The molecule has 0 spiro atoms. The van der Waals surface area contributed by atoms with E-state index in [9.17, 15) is 14.4 Å². The Morgan fingerprint density at radius 2 is 2.00 bits per heavy atom. The van der Waals surface area contributed by atoms with Gasteiger partial charge in [-0.2, -0.15) is 0 Å². The van der Waals surface area contributed by atoms with Gasteiger partial charge in [0.15, 0.2) is 5.13 Å². The van der Waals surface area contributed by atoms with Gasteiger partial charge >= 0.3 is 0 Å². The number of H-pyrrole nitrogens is 1. The molecule has 0 aliphatic heterocycles. The zero-order valence-corrected chi connectivity index (χ0v) is 15.7. The Bertz CT molecular complexity index is 994. The van der Waals surface area contributed by atoms with Gasteiger partial charge in [0.2, 0.25) is 11.8 Å². The molecule has 0 fully saturated rings. The Morgan fingerprint density at radius 1 is 1.22 bits per heavy atom. The number of hydrogen-bond donors (Lipinski definition) is 3. The number of aromatic nitrogens is 2. The van der Waals surface area contributed by atoms with Crippen LogP contribution in [0.5, 0.6) is 0 Å². The van der Waals surface area contributed by atoms with Gasteiger partial charge in [0.05, 0.1) is 24.2 Å². The topological polar surface area (TPSA) is 107 Å². The zero-order valence-electron chi connectivity index (χ0n) is 14.9. The van der Waals surface area contributed by atoms with Gasteiger partial charge < -0.3 is 20.5 Å². The molecule has 2 heterocycles. The molecular weight excluding hydrogens is 366 g/mol. The highest BCUT2D eigenvalue weighted by molar-refractivity contribution is 7.13. The highest BCUT2D eigenvalue weighted by Gasteiger charge is 2.19. The van der Waals surface area contributed by atoms with Crippen LogP contribution < -0.4 is 10.6 Å². The number of carbonyl (C=O) groups is 3. The molecule has 9 heteroatoms. The summed E-state index contributed by atoms with van der Waals surface area (Å²) in [6.45, 7) is -0.108. The van der Waals surface area contributed by atoms with Crippen LogP contribution in [0.3, 0.4) is 0 Å². The lowest BCUT2D eigenvalue weighted by molar-refractivity contribution is -0.120. The van der Waals surface area contributed by atoms with E-state index < -0.39 is 0 Å². The number of rotatable bonds is 6. The average Bonchev–Trinajstić information content (AvgIpc) is 3.27. The first-order valence-electron chi connectivity index (χ1n) is 8.24. The Labute approximate surface area is 159 Å². The Morgan fingerprint density at radius 3 is 2.78 bits per heavy atom. The third-order valence-corrected chi connectivity index (χ3v) is 4.77. The van der Waals surface area contributed by atoms with Crippen LogP contribution in [-0.4, -0.2) is 53.2 Å². The van der Waals surface area contributed by atoms with Crippen molar-refractivity contribution in [2.24, 2.45) is 0 Å². The average molecular weight is 385 g/mol. The van der Waals surface area contributed by atoms with Gasteiger partial charge in [0, 0.05) is 36.6 Å². The van der Waals surface area contributed by atoms with E-state index in [1.54, 1.807) is 25.7 Å². The second-order valence-electron chi connectivity index (χ2n) is 5.95. The van der Waals surface area contributed by atoms with Crippen LogP contribution >= 0.6 is 11.3 Å². The Balaban J connectivity index is 1.60. The van der Waals surface area contributed by atoms with Crippen LogP contribution in [0.4, 0.5) is 5.13 Å². The molecule has 0 aliphatic carbocycles. The molecule has 140 valence electrons. The maximum Gasteiger partial charge on any atom is 0.256 e. The Hall–Kier alpha value is -3.20. The number of aromatic amines is 1. The molecule has 0 aliphatic rings. The molecule has 8 nitrogen and oxygen atoms in total. The van der Waals surface area contributed by atoms with Crippen molar-refractivity contribution in [3.8, 4) is 0 Å². The largest absolute Gasteiger partial charge is 0.360 e. The number of para-hydroxylation sites is 1. The number of thiazole rings is 1. The number of likely N-dealkylation sites (N-methyl/N-ethyl adjacent to an activating group) is 2. The first kappa shape index (κ1) is 18.6. The molecule has 3 aromatic rings. The van der Waals surface area contributed by atoms with Gasteiger partial charge in [-0.05, 0) is 6.07 Å². The van der Waals surface area contributed by atoms with E-state index in [0.29, 0.717) is 16.4 Å². The van der Waals surface area contributed by atoms with Gasteiger partial charge in [0.1, 0.15) is 0 Å². The number of carbonyl (C=O) groups excluding carboxylic acids is 3. The lowest BCUT2D eigenvalue weighted by Crippen LogP contribution is -2.34. The van der Waals surface area contributed by atoms with E-state index in [0.717, 1.165) is 10.9 Å². The van der Waals surface area contributed by atoms with Crippen LogP contribution in [0.2, 0.25) is 0 Å². The molecule has 0 atom stereocenters. The third kappa shape index (κ3) is 4.32. The van der Waals surface area contributed by atoms with Gasteiger partial charge in [-0.25, -0.2) is 4.98 Å². The number of nitrogens with zero attached hydrogens (tertiary/aromatic N) is 2. The summed E-state index contributed by atoms with van der Waals surface area (Å²) in [4.78, 5) is 44.8. The minimum Gasteiger partial charge on any atom is -0.360 e. The fourth-order valence-electron chi connectivity index (χ4n) is 2.60. The second-order valence-corrected chi connectivity index (χ2v) is 6.81. The van der Waals surface area contributed by atoms with Crippen molar-refractivity contribution < 1.29 is 14.4 Å². The molecule has 3 rings (SSSR count). The van der Waals surface area contributed by atoms with Crippen LogP contribution in [0, 0.1) is 0 Å². The molecule has 0 saturated heterocycles. The maximum atomic E-state index is 12.6. The van der Waals surface area contributed by atoms with E-state index in [1.165, 1.54) is 16.2 Å². The summed E-state index contributed by atoms with van der Waals surface area (Å²) in [5.74, 6) is -0.754. The molecule has 1 aromatic carbocycles. The van der Waals surface area contributed by atoms with Crippen molar-refractivity contribution in [1.29, 1.82) is 0 Å². The summed E-state index contributed by atoms with van der Waals surface area (Å²) in [7, 11) is 3.13. The number of fused-ring (bicyclic) bond motifs is 1. The lowest BCUT2D eigenvalue weighted by Gasteiger charge is -2.15. The highest BCUT2D eigenvalue weighted by Crippen LogP contribution is 2.19. The van der Waals surface area contributed by atoms with E-state index in [4.69, 9.17) is 0 Å². The van der Waals surface area contributed by atoms with Crippen molar-refractivity contribution >= 4 is 45.1 Å². The minimum absolute atomic E-state index is 0.108. The number of benzene rings is 1. The van der Waals surface area contributed by atoms with Crippen molar-refractivity contribution in [1.82, 2.24) is 20.2 Å². The van der Waals surface area contributed by atoms with Crippen LogP contribution in [0.1, 0.15) is 16.1 Å². The first-order chi connectivity index (χ1) is 13.0. The monoisotopic (exact) mass is 385 g/mol. The number of amides is 3. The predicted octanol–water partition coefficient (Wildman–Crippen LogP) is 1.62. The molecule has 0 radical (unpaired) electrons. The van der Waals surface area contributed by atoms with E-state index in [-0.39, 0.29) is 30.7 Å².